The van der Waals surface area contributed by atoms with Crippen LogP contribution >= 0.6 is 0 Å². The van der Waals surface area contributed by atoms with Gasteiger partial charge in [0, 0.05) is 24.2 Å². The molecule has 16 heteroatoms. The molecule has 2 saturated carbocycles. The Kier molecular flexibility index (Phi) is 11.7. The minimum absolute atomic E-state index is 0.00769. The highest BCUT2D eigenvalue weighted by Gasteiger charge is 2.39. The second-order valence-corrected chi connectivity index (χ2v) is 11.3. The summed E-state index contributed by atoms with van der Waals surface area (Å²) < 4.78 is 153. The minimum atomic E-state index is -4.96. The second kappa shape index (κ2) is 14.5. The molecule has 0 aliphatic heterocycles. The van der Waals surface area contributed by atoms with Gasteiger partial charge in [0.25, 0.3) is 11.8 Å². The van der Waals surface area contributed by atoms with Crippen molar-refractivity contribution < 1.29 is 62.3 Å². The van der Waals surface area contributed by atoms with Crippen molar-refractivity contribution in [2.45, 2.75) is 76.1 Å². The van der Waals surface area contributed by atoms with Crippen molar-refractivity contribution in [1.29, 1.82) is 0 Å². The lowest BCUT2D eigenvalue weighted by atomic mass is 10.0. The molecule has 2 aromatic carbocycles. The molecule has 4 rings (SSSR count). The van der Waals surface area contributed by atoms with Crippen molar-refractivity contribution in [2.24, 2.45) is 11.8 Å². The second-order valence-electron chi connectivity index (χ2n) is 11.3. The van der Waals surface area contributed by atoms with Gasteiger partial charge in [-0.05, 0) is 73.9 Å². The predicted molar refractivity (Wildman–Crippen MR) is 141 cm³/mol. The Morgan fingerprint density at radius 3 is 0.935 bits per heavy atom. The van der Waals surface area contributed by atoms with Gasteiger partial charge >= 0.3 is 24.7 Å². The topological polar surface area (TPSA) is 58.2 Å². The number of hydrogen-bond donors (Lipinski definition) is 2. The smallest absolute Gasteiger partial charge is 0.352 e. The van der Waals surface area contributed by atoms with Gasteiger partial charge < -0.3 is 10.6 Å². The van der Waals surface area contributed by atoms with Crippen LogP contribution in [0.5, 0.6) is 0 Å². The average molecular weight is 679 g/mol. The molecule has 2 aliphatic carbocycles. The molecule has 0 saturated heterocycles. The Bertz CT molecular complexity index is 1180. The van der Waals surface area contributed by atoms with E-state index < -0.39 is 69.9 Å². The summed E-state index contributed by atoms with van der Waals surface area (Å²) in [7, 11) is 0. The van der Waals surface area contributed by atoms with Crippen LogP contribution in [-0.4, -0.2) is 24.9 Å². The number of halogens is 12. The number of alkyl halides is 12. The van der Waals surface area contributed by atoms with Gasteiger partial charge in [-0.2, -0.15) is 52.7 Å². The number of amides is 2. The molecule has 0 radical (unpaired) electrons. The Labute approximate surface area is 255 Å². The van der Waals surface area contributed by atoms with Crippen molar-refractivity contribution in [3.63, 3.8) is 0 Å². The standard InChI is InChI=1S/2C15H15F6NO/c2*16-14(17,18)11-5-10(6-12(7-11)15(19,20)21)13(23)22-8-9-3-1-2-4-9/h2*5-7,9H,1-4,8H2,(H,22,23). The first-order valence-electron chi connectivity index (χ1n) is 14.3. The number of benzene rings is 2. The Morgan fingerprint density at radius 2 is 0.717 bits per heavy atom. The maximum Gasteiger partial charge on any atom is 0.416 e. The molecule has 256 valence electrons. The van der Waals surface area contributed by atoms with Crippen LogP contribution in [0.15, 0.2) is 36.4 Å². The summed E-state index contributed by atoms with van der Waals surface area (Å²) in [6, 6.07) is 1.79. The van der Waals surface area contributed by atoms with Crippen LogP contribution in [0.4, 0.5) is 52.7 Å². The molecule has 46 heavy (non-hydrogen) atoms. The third-order valence-electron chi connectivity index (χ3n) is 7.75. The van der Waals surface area contributed by atoms with E-state index >= 15 is 0 Å². The van der Waals surface area contributed by atoms with E-state index in [9.17, 15) is 62.3 Å². The molecule has 0 atom stereocenters. The molecule has 0 bridgehead atoms. The van der Waals surface area contributed by atoms with E-state index in [2.05, 4.69) is 10.6 Å². The van der Waals surface area contributed by atoms with Gasteiger partial charge in [-0.15, -0.1) is 0 Å². The summed E-state index contributed by atoms with van der Waals surface area (Å²) >= 11 is 0. The molecule has 4 nitrogen and oxygen atoms in total. The first-order valence-corrected chi connectivity index (χ1v) is 14.3. The summed E-state index contributed by atoms with van der Waals surface area (Å²) in [6.07, 6.45) is -12.2. The SMILES string of the molecule is O=C(NCC1CCCC1)c1cc(C(F)(F)F)cc(C(F)(F)F)c1.O=C(NCC1CCCC1)c1cc(C(F)(F)F)cc(C(F)(F)F)c1. The maximum absolute atomic E-state index is 12.7. The largest absolute Gasteiger partial charge is 0.416 e. The van der Waals surface area contributed by atoms with E-state index in [0.717, 1.165) is 51.4 Å². The lowest BCUT2D eigenvalue weighted by Crippen LogP contribution is -2.29. The van der Waals surface area contributed by atoms with Crippen LogP contribution in [0.25, 0.3) is 0 Å². The van der Waals surface area contributed by atoms with Crippen LogP contribution in [0.2, 0.25) is 0 Å². The molecule has 0 aromatic heterocycles. The van der Waals surface area contributed by atoms with E-state index in [1.165, 1.54) is 0 Å². The molecule has 2 aromatic rings. The lowest BCUT2D eigenvalue weighted by molar-refractivity contribution is -0.144. The fraction of sp³-hybridized carbons (Fsp3) is 0.533. The minimum Gasteiger partial charge on any atom is -0.352 e. The van der Waals surface area contributed by atoms with Gasteiger partial charge in [0.2, 0.25) is 0 Å². The summed E-state index contributed by atoms with van der Waals surface area (Å²) in [5.41, 5.74) is -7.22. The Morgan fingerprint density at radius 1 is 0.478 bits per heavy atom. The van der Waals surface area contributed by atoms with Crippen molar-refractivity contribution in [3.05, 3.63) is 69.8 Å². The first kappa shape index (κ1) is 37.0. The number of rotatable bonds is 6. The number of carbonyl (C=O) groups excluding carboxylic acids is 2. The van der Waals surface area contributed by atoms with Crippen LogP contribution in [-0.2, 0) is 24.7 Å². The van der Waals surface area contributed by atoms with Gasteiger partial charge in [-0.3, -0.25) is 9.59 Å². The Hall–Kier alpha value is -3.46. The number of nitrogens with one attached hydrogen (secondary N) is 2. The summed E-state index contributed by atoms with van der Waals surface area (Å²) in [4.78, 5) is 23.8. The molecule has 2 N–H and O–H groups in total. The molecule has 0 heterocycles. The van der Waals surface area contributed by atoms with E-state index in [1.807, 2.05) is 0 Å². The zero-order valence-electron chi connectivity index (χ0n) is 24.0. The van der Waals surface area contributed by atoms with Gasteiger partial charge in [0.05, 0.1) is 22.3 Å². The monoisotopic (exact) mass is 678 g/mol. The van der Waals surface area contributed by atoms with E-state index in [-0.39, 0.29) is 37.1 Å². The van der Waals surface area contributed by atoms with E-state index in [4.69, 9.17) is 0 Å². The molecule has 2 amide bonds. The maximum atomic E-state index is 12.7. The highest BCUT2D eigenvalue weighted by molar-refractivity contribution is 5.95. The van der Waals surface area contributed by atoms with Gasteiger partial charge in [0.15, 0.2) is 0 Å². The molecular formula is C30H30F12N2O2. The van der Waals surface area contributed by atoms with Crippen molar-refractivity contribution in [2.75, 3.05) is 13.1 Å². The molecule has 0 spiro atoms. The van der Waals surface area contributed by atoms with Crippen molar-refractivity contribution >= 4 is 11.8 Å². The zero-order chi connectivity index (χ0) is 34.5. The number of hydrogen-bond acceptors (Lipinski definition) is 2. The Balaban J connectivity index is 0.000000250. The fourth-order valence-corrected chi connectivity index (χ4v) is 5.28. The van der Waals surface area contributed by atoms with E-state index in [1.54, 1.807) is 0 Å². The summed E-state index contributed by atoms with van der Waals surface area (Å²) in [5, 5.41) is 4.85. The highest BCUT2D eigenvalue weighted by Crippen LogP contribution is 2.38. The van der Waals surface area contributed by atoms with Gasteiger partial charge in [-0.1, -0.05) is 25.7 Å². The number of carbonyl (C=O) groups is 2. The summed E-state index contributed by atoms with van der Waals surface area (Å²) in [5.74, 6) is -1.39. The first-order chi connectivity index (χ1) is 21.1. The van der Waals surface area contributed by atoms with Crippen molar-refractivity contribution in [3.8, 4) is 0 Å². The predicted octanol–water partition coefficient (Wildman–Crippen LogP) is 9.29. The van der Waals surface area contributed by atoms with Crippen molar-refractivity contribution in [1.82, 2.24) is 10.6 Å². The van der Waals surface area contributed by atoms with Crippen LogP contribution < -0.4 is 10.6 Å². The van der Waals surface area contributed by atoms with Gasteiger partial charge in [-0.25, -0.2) is 0 Å². The van der Waals surface area contributed by atoms with Crippen LogP contribution in [0.3, 0.4) is 0 Å². The van der Waals surface area contributed by atoms with Crippen LogP contribution in [0.1, 0.15) is 94.3 Å². The van der Waals surface area contributed by atoms with E-state index in [0.29, 0.717) is 24.3 Å². The molecular weight excluding hydrogens is 648 g/mol. The quantitative estimate of drug-likeness (QED) is 0.300. The highest BCUT2D eigenvalue weighted by atomic mass is 19.4. The fourth-order valence-electron chi connectivity index (χ4n) is 5.28. The lowest BCUT2D eigenvalue weighted by Gasteiger charge is -2.15. The molecule has 0 unspecified atom stereocenters. The average Bonchev–Trinajstić information content (AvgIpc) is 3.67. The third kappa shape index (κ3) is 10.8. The summed E-state index contributed by atoms with van der Waals surface area (Å²) in [6.45, 7) is 0.521. The normalized spacial score (nSPS) is 16.6. The molecule has 2 aliphatic rings. The third-order valence-corrected chi connectivity index (χ3v) is 7.75. The van der Waals surface area contributed by atoms with Gasteiger partial charge in [0.1, 0.15) is 0 Å². The zero-order valence-corrected chi connectivity index (χ0v) is 24.0. The van der Waals surface area contributed by atoms with Crippen LogP contribution in [0, 0.1) is 11.8 Å². The molecule has 2 fully saturated rings.